The minimum absolute atomic E-state index is 0.916. The molecule has 0 fully saturated rings. The lowest BCUT2D eigenvalue weighted by atomic mass is 10.1. The van der Waals surface area contributed by atoms with E-state index in [2.05, 4.69) is 66.3 Å². The summed E-state index contributed by atoms with van der Waals surface area (Å²) in [7, 11) is 0. The van der Waals surface area contributed by atoms with E-state index < -0.39 is 0 Å². The fourth-order valence-corrected chi connectivity index (χ4v) is 3.26. The Morgan fingerprint density at radius 3 is 1.88 bits per heavy atom. The van der Waals surface area contributed by atoms with E-state index in [0.717, 1.165) is 18.4 Å². The Labute approximate surface area is 160 Å². The molecule has 0 unspecified atom stereocenters. The van der Waals surface area contributed by atoms with Gasteiger partial charge in [0, 0.05) is 25.5 Å². The Morgan fingerprint density at radius 2 is 1.27 bits per heavy atom. The van der Waals surface area contributed by atoms with E-state index in [1.807, 2.05) is 0 Å². The minimum atomic E-state index is 0.916. The lowest BCUT2D eigenvalue weighted by Crippen LogP contribution is -2.07. The molecule has 2 heteroatoms. The van der Waals surface area contributed by atoms with E-state index in [4.69, 9.17) is 4.99 Å². The molecule has 2 aromatic rings. The van der Waals surface area contributed by atoms with Gasteiger partial charge < -0.3 is 4.57 Å². The first-order valence-electron chi connectivity index (χ1n) is 10.6. The van der Waals surface area contributed by atoms with Gasteiger partial charge in [-0.05, 0) is 24.1 Å². The molecule has 0 saturated heterocycles. The van der Waals surface area contributed by atoms with Gasteiger partial charge in [0.2, 0.25) is 0 Å². The number of benzene rings is 1. The van der Waals surface area contributed by atoms with E-state index in [1.165, 1.54) is 69.8 Å². The molecule has 0 saturated carbocycles. The maximum absolute atomic E-state index is 4.71. The van der Waals surface area contributed by atoms with Gasteiger partial charge in [-0.1, -0.05) is 95.0 Å². The molecule has 0 radical (unpaired) electrons. The molecule has 2 nitrogen and oxygen atoms in total. The number of pyridine rings is 1. The highest BCUT2D eigenvalue weighted by atomic mass is 14.9. The molecule has 1 aromatic heterocycles. The van der Waals surface area contributed by atoms with Crippen molar-refractivity contribution in [1.29, 1.82) is 0 Å². The average molecular weight is 353 g/mol. The molecule has 1 aromatic carbocycles. The topological polar surface area (TPSA) is 17.3 Å². The predicted octanol–water partition coefficient (Wildman–Crippen LogP) is 6.36. The van der Waals surface area contributed by atoms with Crippen molar-refractivity contribution in [3.05, 3.63) is 65.8 Å². The van der Waals surface area contributed by atoms with Crippen LogP contribution in [0.15, 0.2) is 59.9 Å². The van der Waals surface area contributed by atoms with Gasteiger partial charge in [0.25, 0.3) is 0 Å². The van der Waals surface area contributed by atoms with Crippen LogP contribution in [0.1, 0.15) is 76.7 Å². The van der Waals surface area contributed by atoms with Crippen molar-refractivity contribution in [2.45, 2.75) is 77.7 Å². The maximum atomic E-state index is 4.71. The van der Waals surface area contributed by atoms with Crippen molar-refractivity contribution in [2.75, 3.05) is 6.54 Å². The normalized spacial score (nSPS) is 10.8. The summed E-state index contributed by atoms with van der Waals surface area (Å²) in [5.41, 5.74) is 1.33. The molecule has 142 valence electrons. The highest BCUT2D eigenvalue weighted by Crippen LogP contribution is 2.10. The second-order valence-electron chi connectivity index (χ2n) is 7.28. The number of aromatic nitrogens is 1. The lowest BCUT2D eigenvalue weighted by molar-refractivity contribution is 0.557. The minimum Gasteiger partial charge on any atom is -0.350 e. The van der Waals surface area contributed by atoms with Crippen LogP contribution >= 0.6 is 0 Å². The van der Waals surface area contributed by atoms with E-state index in [0.29, 0.717) is 0 Å². The Morgan fingerprint density at radius 1 is 0.692 bits per heavy atom. The van der Waals surface area contributed by atoms with Crippen LogP contribution in [0.5, 0.6) is 0 Å². The molecule has 0 aliphatic heterocycles. The molecule has 0 aliphatic carbocycles. The largest absolute Gasteiger partial charge is 0.350 e. The molecule has 1 heterocycles. The highest BCUT2D eigenvalue weighted by molar-refractivity contribution is 5.15. The van der Waals surface area contributed by atoms with Crippen molar-refractivity contribution < 1.29 is 0 Å². The van der Waals surface area contributed by atoms with Crippen LogP contribution in [0.4, 0.5) is 0 Å². The molecular weight excluding hydrogens is 316 g/mol. The van der Waals surface area contributed by atoms with Crippen LogP contribution < -0.4 is 5.36 Å². The van der Waals surface area contributed by atoms with E-state index in [9.17, 15) is 0 Å². The number of rotatable bonds is 13. The monoisotopic (exact) mass is 352 g/mol. The summed E-state index contributed by atoms with van der Waals surface area (Å²) in [6.07, 6.45) is 18.0. The van der Waals surface area contributed by atoms with Gasteiger partial charge in [-0.15, -0.1) is 0 Å². The van der Waals surface area contributed by atoms with Crippen LogP contribution in [0.2, 0.25) is 0 Å². The number of hydrogen-bond donors (Lipinski definition) is 0. The summed E-state index contributed by atoms with van der Waals surface area (Å²) in [6, 6.07) is 14.8. The van der Waals surface area contributed by atoms with Gasteiger partial charge in [-0.3, -0.25) is 4.99 Å². The van der Waals surface area contributed by atoms with Gasteiger partial charge in [-0.2, -0.15) is 0 Å². The number of unbranched alkanes of at least 4 members (excludes halogenated alkanes) is 9. The van der Waals surface area contributed by atoms with E-state index >= 15 is 0 Å². The Hall–Kier alpha value is -1.83. The van der Waals surface area contributed by atoms with Gasteiger partial charge in [0.1, 0.15) is 0 Å². The Bertz CT molecular complexity index is 622. The third-order valence-corrected chi connectivity index (χ3v) is 4.89. The zero-order valence-corrected chi connectivity index (χ0v) is 16.6. The molecule has 0 bridgehead atoms. The van der Waals surface area contributed by atoms with Gasteiger partial charge >= 0.3 is 0 Å². The summed E-state index contributed by atoms with van der Waals surface area (Å²) in [5, 5.41) is 1.10. The molecule has 0 spiro atoms. The maximum Gasteiger partial charge on any atom is 0.0603 e. The molecule has 2 rings (SSSR count). The lowest BCUT2D eigenvalue weighted by Gasteiger charge is -2.05. The quantitative estimate of drug-likeness (QED) is 0.373. The third-order valence-electron chi connectivity index (χ3n) is 4.89. The second-order valence-corrected chi connectivity index (χ2v) is 7.28. The van der Waals surface area contributed by atoms with Crippen LogP contribution in [0.3, 0.4) is 0 Å². The molecule has 0 aliphatic rings. The third kappa shape index (κ3) is 9.03. The fraction of sp³-hybridized carbons (Fsp3) is 0.542. The first kappa shape index (κ1) is 20.5. The molecule has 0 atom stereocenters. The van der Waals surface area contributed by atoms with Crippen molar-refractivity contribution in [3.63, 3.8) is 0 Å². The van der Waals surface area contributed by atoms with Crippen LogP contribution in [0.25, 0.3) is 0 Å². The first-order chi connectivity index (χ1) is 12.9. The van der Waals surface area contributed by atoms with Crippen LogP contribution in [0, 0.1) is 0 Å². The highest BCUT2D eigenvalue weighted by Gasteiger charge is 1.93. The second kappa shape index (κ2) is 13.4. The van der Waals surface area contributed by atoms with Crippen molar-refractivity contribution in [3.8, 4) is 0 Å². The summed E-state index contributed by atoms with van der Waals surface area (Å²) in [5.74, 6) is 0. The zero-order valence-electron chi connectivity index (χ0n) is 16.6. The SMILES string of the molecule is CCCCCCCCCCCCN=c1ccn(Cc2ccccc2)cc1. The van der Waals surface area contributed by atoms with Crippen molar-refractivity contribution in [1.82, 2.24) is 4.57 Å². The first-order valence-corrected chi connectivity index (χ1v) is 10.6. The predicted molar refractivity (Wildman–Crippen MR) is 112 cm³/mol. The zero-order chi connectivity index (χ0) is 18.3. The van der Waals surface area contributed by atoms with Crippen molar-refractivity contribution >= 4 is 0 Å². The summed E-state index contributed by atoms with van der Waals surface area (Å²) in [4.78, 5) is 4.71. The molecule has 0 N–H and O–H groups in total. The molecular formula is C24H36N2. The summed E-state index contributed by atoms with van der Waals surface area (Å²) >= 11 is 0. The fourth-order valence-electron chi connectivity index (χ4n) is 3.26. The van der Waals surface area contributed by atoms with Gasteiger partial charge in [-0.25, -0.2) is 0 Å². The number of hydrogen-bond acceptors (Lipinski definition) is 1. The molecule has 26 heavy (non-hydrogen) atoms. The Kier molecular flexibility index (Phi) is 10.5. The standard InChI is InChI=1S/C24H36N2/c1-2-3-4-5-6-7-8-9-10-14-19-25-24-17-20-26(21-18-24)22-23-15-12-11-13-16-23/h11-13,15-18,20-21H,2-10,14,19,22H2,1H3. The van der Waals surface area contributed by atoms with E-state index in [-0.39, 0.29) is 0 Å². The van der Waals surface area contributed by atoms with Crippen LogP contribution in [-0.2, 0) is 6.54 Å². The summed E-state index contributed by atoms with van der Waals surface area (Å²) in [6.45, 7) is 4.15. The Balaban J connectivity index is 1.56. The smallest absolute Gasteiger partial charge is 0.0603 e. The van der Waals surface area contributed by atoms with Crippen LogP contribution in [-0.4, -0.2) is 11.1 Å². The average Bonchev–Trinajstić information content (AvgIpc) is 2.68. The van der Waals surface area contributed by atoms with E-state index in [1.54, 1.807) is 0 Å². The molecule has 0 amide bonds. The summed E-state index contributed by atoms with van der Waals surface area (Å²) < 4.78 is 2.20. The number of nitrogens with zero attached hydrogens (tertiary/aromatic N) is 2. The van der Waals surface area contributed by atoms with Gasteiger partial charge in [0.05, 0.1) is 5.36 Å². The van der Waals surface area contributed by atoms with Gasteiger partial charge in [0.15, 0.2) is 0 Å². The van der Waals surface area contributed by atoms with Crippen molar-refractivity contribution in [2.24, 2.45) is 4.99 Å².